The molecule has 0 heterocycles. The Morgan fingerprint density at radius 3 is 1.41 bits per heavy atom. The number of alkyl halides is 1. The molecule has 0 aliphatic heterocycles. The van der Waals surface area contributed by atoms with Gasteiger partial charge in [0.25, 0.3) is 0 Å². The Bertz CT molecular complexity index is 369. The second-order valence-corrected chi connectivity index (χ2v) is 11.0. The molecular formula is C12H29IO6S3. The van der Waals surface area contributed by atoms with Gasteiger partial charge in [-0.05, 0) is 31.3 Å². The summed E-state index contributed by atoms with van der Waals surface area (Å²) >= 11 is 3.93. The number of hydrogen-bond acceptors (Lipinski definition) is 7. The van der Waals surface area contributed by atoms with Gasteiger partial charge in [0.2, 0.25) is 0 Å². The number of aliphatic hydroxyl groups is 2. The van der Waals surface area contributed by atoms with E-state index in [1.165, 1.54) is 6.26 Å². The first-order valence-electron chi connectivity index (χ1n) is 6.66. The number of aliphatic hydroxyl groups excluding tert-OH is 2. The van der Waals surface area contributed by atoms with Crippen LogP contribution in [0, 0.1) is 0 Å². The summed E-state index contributed by atoms with van der Waals surface area (Å²) in [5, 5.41) is 16.3. The lowest BCUT2D eigenvalue weighted by Gasteiger charge is -1.91. The average Bonchev–Trinajstić information content (AvgIpc) is 2.40. The minimum atomic E-state index is -2.85. The number of sulfone groups is 2. The van der Waals surface area contributed by atoms with Crippen molar-refractivity contribution in [2.45, 2.75) is 19.3 Å². The molecule has 0 unspecified atom stereocenters. The van der Waals surface area contributed by atoms with Crippen molar-refractivity contribution in [1.29, 1.82) is 0 Å². The number of rotatable bonds is 9. The van der Waals surface area contributed by atoms with Crippen molar-refractivity contribution in [3.63, 3.8) is 0 Å². The maximum atomic E-state index is 10.4. The minimum absolute atomic E-state index is 0.0485. The molecule has 0 atom stereocenters. The van der Waals surface area contributed by atoms with Crippen molar-refractivity contribution >= 4 is 54.0 Å². The third-order valence-corrected chi connectivity index (χ3v) is 5.35. The molecule has 22 heavy (non-hydrogen) atoms. The van der Waals surface area contributed by atoms with Crippen LogP contribution in [-0.2, 0) is 19.7 Å². The third kappa shape index (κ3) is 42.8. The van der Waals surface area contributed by atoms with Crippen LogP contribution in [0.15, 0.2) is 0 Å². The molecule has 0 bridgehead atoms. The molecule has 0 fully saturated rings. The Morgan fingerprint density at radius 2 is 1.27 bits per heavy atom. The summed E-state index contributed by atoms with van der Waals surface area (Å²) < 4.78 is 42.3. The topological polar surface area (TPSA) is 109 Å². The number of halogens is 1. The van der Waals surface area contributed by atoms with Crippen LogP contribution in [0.3, 0.4) is 0 Å². The molecule has 6 nitrogen and oxygen atoms in total. The highest BCUT2D eigenvalue weighted by Gasteiger charge is 1.98. The van der Waals surface area contributed by atoms with Crippen LogP contribution < -0.4 is 0 Å². The summed E-state index contributed by atoms with van der Waals surface area (Å²) in [7, 11) is -5.54. The second-order valence-electron chi connectivity index (χ2n) is 4.45. The molecule has 0 saturated carbocycles. The van der Waals surface area contributed by atoms with E-state index in [1.807, 2.05) is 6.26 Å². The zero-order chi connectivity index (χ0) is 18.1. The lowest BCUT2D eigenvalue weighted by molar-refractivity contribution is 0.295. The van der Waals surface area contributed by atoms with Crippen molar-refractivity contribution < 1.29 is 27.0 Å². The monoisotopic (exact) mass is 492 g/mol. The molecule has 0 saturated heterocycles. The Morgan fingerprint density at radius 1 is 0.864 bits per heavy atom. The van der Waals surface area contributed by atoms with Gasteiger partial charge in [0.05, 0.1) is 11.5 Å². The molecule has 0 aliphatic carbocycles. The molecule has 0 radical (unpaired) electrons. The molecule has 0 aromatic rings. The first kappa shape index (κ1) is 27.7. The van der Waals surface area contributed by atoms with Crippen molar-refractivity contribution in [3.05, 3.63) is 0 Å². The van der Waals surface area contributed by atoms with E-state index in [0.717, 1.165) is 29.3 Å². The Labute approximate surface area is 153 Å². The molecule has 0 rings (SSSR count). The third-order valence-electron chi connectivity index (χ3n) is 1.83. The van der Waals surface area contributed by atoms with Crippen molar-refractivity contribution in [2.24, 2.45) is 0 Å². The van der Waals surface area contributed by atoms with Crippen LogP contribution in [0.4, 0.5) is 0 Å². The molecule has 10 heteroatoms. The van der Waals surface area contributed by atoms with E-state index in [1.54, 1.807) is 11.8 Å². The SMILES string of the molecule is CS(=O)(=O)CCCI.CS(=O)(=O)CCCO.CSCCCO. The van der Waals surface area contributed by atoms with Gasteiger partial charge in [-0.2, -0.15) is 11.8 Å². The van der Waals surface area contributed by atoms with Gasteiger partial charge in [0.15, 0.2) is 0 Å². The first-order valence-corrected chi connectivity index (χ1v) is 13.7. The summed E-state index contributed by atoms with van der Waals surface area (Å²) in [6.07, 6.45) is 6.51. The number of hydrogen-bond donors (Lipinski definition) is 2. The highest BCUT2D eigenvalue weighted by atomic mass is 127. The zero-order valence-electron chi connectivity index (χ0n) is 13.5. The van der Waals surface area contributed by atoms with Crippen molar-refractivity contribution in [2.75, 3.05) is 53.7 Å². The van der Waals surface area contributed by atoms with Gasteiger partial charge in [-0.25, -0.2) is 16.8 Å². The van der Waals surface area contributed by atoms with Crippen LogP contribution in [0.2, 0.25) is 0 Å². The van der Waals surface area contributed by atoms with Gasteiger partial charge in [-0.1, -0.05) is 22.6 Å². The van der Waals surface area contributed by atoms with E-state index in [4.69, 9.17) is 10.2 Å². The van der Waals surface area contributed by atoms with E-state index in [2.05, 4.69) is 22.6 Å². The Hall–Kier alpha value is 0.900. The van der Waals surface area contributed by atoms with Gasteiger partial charge in [0.1, 0.15) is 19.7 Å². The lowest BCUT2D eigenvalue weighted by atomic mass is 10.5. The van der Waals surface area contributed by atoms with E-state index >= 15 is 0 Å². The van der Waals surface area contributed by atoms with Gasteiger partial charge in [-0.3, -0.25) is 0 Å². The fourth-order valence-electron chi connectivity index (χ4n) is 0.852. The van der Waals surface area contributed by atoms with Crippen LogP contribution >= 0.6 is 34.4 Å². The minimum Gasteiger partial charge on any atom is -0.396 e. The van der Waals surface area contributed by atoms with Crippen LogP contribution in [0.5, 0.6) is 0 Å². The Balaban J connectivity index is -0.000000249. The van der Waals surface area contributed by atoms with Gasteiger partial charge in [0, 0.05) is 30.2 Å². The standard InChI is InChI=1S/C4H9IO2S.C4H10O3S.C4H10OS/c2*1-8(6,7)4-2-3-5;1-6-4-2-3-5/h2-4H2,1H3;5H,2-4H2,1H3;5H,2-4H2,1H3. The largest absolute Gasteiger partial charge is 0.396 e. The molecule has 0 aliphatic rings. The highest BCUT2D eigenvalue weighted by molar-refractivity contribution is 14.1. The summed E-state index contributed by atoms with van der Waals surface area (Å²) in [5.41, 5.74) is 0. The fourth-order valence-corrected chi connectivity index (χ4v) is 3.49. The number of thioether (sulfide) groups is 1. The second kappa shape index (κ2) is 18.2. The molecule has 0 aromatic heterocycles. The maximum Gasteiger partial charge on any atom is 0.147 e. The van der Waals surface area contributed by atoms with Crippen LogP contribution in [0.1, 0.15) is 19.3 Å². The van der Waals surface area contributed by atoms with E-state index < -0.39 is 19.7 Å². The van der Waals surface area contributed by atoms with Gasteiger partial charge < -0.3 is 10.2 Å². The quantitative estimate of drug-likeness (QED) is 0.281. The summed E-state index contributed by atoms with van der Waals surface area (Å²) in [6, 6.07) is 0. The summed E-state index contributed by atoms with van der Waals surface area (Å²) in [4.78, 5) is 0. The van der Waals surface area contributed by atoms with Crippen molar-refractivity contribution in [1.82, 2.24) is 0 Å². The molecule has 0 aromatic carbocycles. The van der Waals surface area contributed by atoms with Crippen LogP contribution in [0.25, 0.3) is 0 Å². The normalized spacial score (nSPS) is 11.0. The molecule has 2 N–H and O–H groups in total. The average molecular weight is 492 g/mol. The summed E-state index contributed by atoms with van der Waals surface area (Å²) in [6.45, 7) is 0.286. The molecular weight excluding hydrogens is 463 g/mol. The molecule has 0 amide bonds. The van der Waals surface area contributed by atoms with E-state index in [0.29, 0.717) is 18.8 Å². The Kier molecular flexibility index (Phi) is 23.0. The highest BCUT2D eigenvalue weighted by Crippen LogP contribution is 1.92. The molecule has 0 spiro atoms. The van der Waals surface area contributed by atoms with Crippen molar-refractivity contribution in [3.8, 4) is 0 Å². The van der Waals surface area contributed by atoms with Crippen LogP contribution in [-0.4, -0.2) is 80.7 Å². The van der Waals surface area contributed by atoms with Gasteiger partial charge >= 0.3 is 0 Å². The summed E-state index contributed by atoms with van der Waals surface area (Å²) in [5.74, 6) is 1.50. The smallest absolute Gasteiger partial charge is 0.147 e. The molecule has 138 valence electrons. The predicted octanol–water partition coefficient (Wildman–Crippen LogP) is 1.00. The first-order chi connectivity index (χ1) is 10.0. The lowest BCUT2D eigenvalue weighted by Crippen LogP contribution is -2.03. The fraction of sp³-hybridized carbons (Fsp3) is 1.00. The van der Waals surface area contributed by atoms with Gasteiger partial charge in [-0.15, -0.1) is 0 Å². The van der Waals surface area contributed by atoms with E-state index in [9.17, 15) is 16.8 Å². The zero-order valence-corrected chi connectivity index (χ0v) is 18.1. The predicted molar refractivity (Wildman–Crippen MR) is 105 cm³/mol. The van der Waals surface area contributed by atoms with E-state index in [-0.39, 0.29) is 12.4 Å². The maximum absolute atomic E-state index is 10.4.